The van der Waals surface area contributed by atoms with Crippen LogP contribution in [0.2, 0.25) is 5.02 Å². The van der Waals surface area contributed by atoms with Crippen molar-refractivity contribution in [2.75, 3.05) is 0 Å². The summed E-state index contributed by atoms with van der Waals surface area (Å²) < 4.78 is 2.54. The fourth-order valence-corrected chi connectivity index (χ4v) is 1.59. The summed E-state index contributed by atoms with van der Waals surface area (Å²) in [5.74, 6) is 0. The molecule has 0 atom stereocenters. The number of hydrogen-bond acceptors (Lipinski definition) is 1. The second kappa shape index (κ2) is 3.67. The lowest BCUT2D eigenvalue weighted by molar-refractivity contribution is 0.863. The first-order valence-corrected chi connectivity index (χ1v) is 5.11. The molecule has 1 aromatic heterocycles. The molecule has 0 amide bonds. The van der Waals surface area contributed by atoms with Gasteiger partial charge < -0.3 is 0 Å². The van der Waals surface area contributed by atoms with Crippen molar-refractivity contribution in [3.63, 3.8) is 0 Å². The van der Waals surface area contributed by atoms with Crippen LogP contribution in [0.3, 0.4) is 0 Å². The average Bonchev–Trinajstić information content (AvgIpc) is 2.53. The van der Waals surface area contributed by atoms with Gasteiger partial charge in [-0.25, -0.2) is 4.68 Å². The molecular weight excluding hydrogens is 298 g/mol. The maximum absolute atomic E-state index is 5.98. The molecule has 1 radical (unpaired) electrons. The number of hydrogen-bond donors (Lipinski definition) is 0. The van der Waals surface area contributed by atoms with Crippen LogP contribution < -0.4 is 0 Å². The Morgan fingerprint density at radius 1 is 1.38 bits per heavy atom. The Morgan fingerprint density at radius 2 is 2.15 bits per heavy atom. The van der Waals surface area contributed by atoms with Gasteiger partial charge in [-0.2, -0.15) is 5.10 Å². The van der Waals surface area contributed by atoms with Gasteiger partial charge in [0.1, 0.15) is 3.70 Å². The fourth-order valence-electron chi connectivity index (χ4n) is 1.01. The fraction of sp³-hybridized carbons (Fsp3) is 0. The third kappa shape index (κ3) is 1.86. The smallest absolute Gasteiger partial charge is 0.124 e. The summed E-state index contributed by atoms with van der Waals surface area (Å²) in [7, 11) is 0. The van der Waals surface area contributed by atoms with Crippen LogP contribution in [0.4, 0.5) is 0 Å². The first-order valence-electron chi connectivity index (χ1n) is 3.65. The van der Waals surface area contributed by atoms with Crippen LogP contribution in [0.5, 0.6) is 0 Å². The predicted molar refractivity (Wildman–Crippen MR) is 60.1 cm³/mol. The highest BCUT2D eigenvalue weighted by atomic mass is 127. The van der Waals surface area contributed by atoms with E-state index in [1.54, 1.807) is 4.68 Å². The van der Waals surface area contributed by atoms with Crippen LogP contribution in [0.1, 0.15) is 0 Å². The Morgan fingerprint density at radius 3 is 2.77 bits per heavy atom. The lowest BCUT2D eigenvalue weighted by atomic mass is 10.3. The minimum absolute atomic E-state index is 0.679. The van der Waals surface area contributed by atoms with Gasteiger partial charge in [0.2, 0.25) is 0 Å². The molecule has 4 heteroatoms. The SMILES string of the molecule is Clc1ccccc1-n1[c]cc(I)n1. The topological polar surface area (TPSA) is 17.8 Å². The minimum atomic E-state index is 0.679. The van der Waals surface area contributed by atoms with E-state index in [0.29, 0.717) is 5.02 Å². The summed E-state index contributed by atoms with van der Waals surface area (Å²) in [5, 5.41) is 4.88. The van der Waals surface area contributed by atoms with Gasteiger partial charge in [-0.05, 0) is 40.8 Å². The monoisotopic (exact) mass is 303 g/mol. The molecule has 0 spiro atoms. The van der Waals surface area contributed by atoms with Crippen molar-refractivity contribution in [3.8, 4) is 5.69 Å². The van der Waals surface area contributed by atoms with E-state index in [0.717, 1.165) is 9.39 Å². The van der Waals surface area contributed by atoms with Crippen molar-refractivity contribution in [1.29, 1.82) is 0 Å². The Labute approximate surface area is 94.7 Å². The Balaban J connectivity index is 2.52. The largest absolute Gasteiger partial charge is 0.229 e. The van der Waals surface area contributed by atoms with Crippen LogP contribution in [-0.4, -0.2) is 9.78 Å². The van der Waals surface area contributed by atoms with Crippen molar-refractivity contribution >= 4 is 34.2 Å². The maximum Gasteiger partial charge on any atom is 0.124 e. The van der Waals surface area contributed by atoms with Crippen LogP contribution in [0.25, 0.3) is 5.69 Å². The number of rotatable bonds is 1. The molecule has 2 rings (SSSR count). The van der Waals surface area contributed by atoms with Gasteiger partial charge in [0.05, 0.1) is 16.9 Å². The molecule has 0 unspecified atom stereocenters. The van der Waals surface area contributed by atoms with Crippen molar-refractivity contribution in [2.45, 2.75) is 0 Å². The first kappa shape index (κ1) is 9.02. The van der Waals surface area contributed by atoms with Crippen molar-refractivity contribution in [3.05, 3.63) is 45.3 Å². The molecule has 0 aliphatic carbocycles. The summed E-state index contributed by atoms with van der Waals surface area (Å²) in [6.45, 7) is 0. The van der Waals surface area contributed by atoms with Crippen molar-refractivity contribution < 1.29 is 0 Å². The molecule has 0 fully saturated rings. The first-order chi connectivity index (χ1) is 6.27. The van der Waals surface area contributed by atoms with Gasteiger partial charge in [0, 0.05) is 0 Å². The van der Waals surface area contributed by atoms with Crippen LogP contribution in [0, 0.1) is 9.90 Å². The normalized spacial score (nSPS) is 10.3. The Hall–Kier alpha value is -0.550. The van der Waals surface area contributed by atoms with E-state index in [-0.39, 0.29) is 0 Å². The molecule has 2 nitrogen and oxygen atoms in total. The Kier molecular flexibility index (Phi) is 2.55. The molecule has 65 valence electrons. The standard InChI is InChI=1S/C9H5ClIN2/c10-7-3-1-2-4-8(7)13-6-5-9(11)12-13/h1-5H. The third-order valence-electron chi connectivity index (χ3n) is 1.58. The van der Waals surface area contributed by atoms with Gasteiger partial charge in [0.15, 0.2) is 0 Å². The molecule has 1 aromatic carbocycles. The number of nitrogens with zero attached hydrogens (tertiary/aromatic N) is 2. The van der Waals surface area contributed by atoms with Gasteiger partial charge in [0.25, 0.3) is 0 Å². The zero-order chi connectivity index (χ0) is 9.26. The lowest BCUT2D eigenvalue weighted by Gasteiger charge is -2.01. The molecule has 0 aliphatic rings. The summed E-state index contributed by atoms with van der Waals surface area (Å²) in [6, 6.07) is 9.36. The van der Waals surface area contributed by atoms with Crippen molar-refractivity contribution in [1.82, 2.24) is 9.78 Å². The summed E-state index contributed by atoms with van der Waals surface area (Å²) in [4.78, 5) is 0. The van der Waals surface area contributed by atoms with E-state index in [9.17, 15) is 0 Å². The zero-order valence-electron chi connectivity index (χ0n) is 6.54. The second-order valence-electron chi connectivity index (χ2n) is 2.46. The highest BCUT2D eigenvalue weighted by Crippen LogP contribution is 2.18. The number of halogens is 2. The molecule has 0 saturated carbocycles. The molecular formula is C9H5ClIN2. The summed E-state index contributed by atoms with van der Waals surface area (Å²) in [5.41, 5.74) is 0.854. The zero-order valence-corrected chi connectivity index (χ0v) is 9.45. The lowest BCUT2D eigenvalue weighted by Crippen LogP contribution is -1.95. The molecule has 2 aromatic rings. The van der Waals surface area contributed by atoms with Gasteiger partial charge in [-0.3, -0.25) is 0 Å². The minimum Gasteiger partial charge on any atom is -0.229 e. The number of aromatic nitrogens is 2. The van der Waals surface area contributed by atoms with Crippen molar-refractivity contribution in [2.24, 2.45) is 0 Å². The highest BCUT2D eigenvalue weighted by Gasteiger charge is 2.02. The van der Waals surface area contributed by atoms with E-state index in [1.807, 2.05) is 30.3 Å². The predicted octanol–water partition coefficient (Wildman–Crippen LogP) is 2.93. The average molecular weight is 304 g/mol. The van der Waals surface area contributed by atoms with Crippen LogP contribution >= 0.6 is 34.2 Å². The number of benzene rings is 1. The second-order valence-corrected chi connectivity index (χ2v) is 3.97. The summed E-state index contributed by atoms with van der Waals surface area (Å²) >= 11 is 8.12. The van der Waals surface area contributed by atoms with E-state index in [1.165, 1.54) is 0 Å². The molecule has 0 saturated heterocycles. The summed E-state index contributed by atoms with van der Waals surface area (Å²) in [6.07, 6.45) is 2.98. The van der Waals surface area contributed by atoms with Gasteiger partial charge in [-0.15, -0.1) is 0 Å². The highest BCUT2D eigenvalue weighted by molar-refractivity contribution is 14.1. The van der Waals surface area contributed by atoms with Crippen LogP contribution in [-0.2, 0) is 0 Å². The third-order valence-corrected chi connectivity index (χ3v) is 2.43. The van der Waals surface area contributed by atoms with E-state index < -0.39 is 0 Å². The van der Waals surface area contributed by atoms with Gasteiger partial charge in [-0.1, -0.05) is 23.7 Å². The molecule has 0 N–H and O–H groups in total. The van der Waals surface area contributed by atoms with E-state index in [2.05, 4.69) is 33.9 Å². The molecule has 13 heavy (non-hydrogen) atoms. The molecule has 0 bridgehead atoms. The number of para-hydroxylation sites is 1. The molecule has 1 heterocycles. The maximum atomic E-state index is 5.98. The Bertz CT molecular complexity index is 425. The van der Waals surface area contributed by atoms with E-state index in [4.69, 9.17) is 11.6 Å². The van der Waals surface area contributed by atoms with Crippen LogP contribution in [0.15, 0.2) is 30.3 Å². The molecule has 0 aliphatic heterocycles. The van der Waals surface area contributed by atoms with Gasteiger partial charge >= 0.3 is 0 Å². The van der Waals surface area contributed by atoms with E-state index >= 15 is 0 Å². The quantitative estimate of drug-likeness (QED) is 0.741.